The van der Waals surface area contributed by atoms with Crippen molar-refractivity contribution >= 4 is 23.4 Å². The van der Waals surface area contributed by atoms with E-state index in [0.717, 1.165) is 11.3 Å². The summed E-state index contributed by atoms with van der Waals surface area (Å²) >= 11 is 1.26. The van der Waals surface area contributed by atoms with Crippen LogP contribution in [0.5, 0.6) is 0 Å². The summed E-state index contributed by atoms with van der Waals surface area (Å²) in [6.45, 7) is 5.74. The van der Waals surface area contributed by atoms with Crippen molar-refractivity contribution < 1.29 is 4.79 Å². The molecule has 0 saturated heterocycles. The average molecular weight is 291 g/mol. The Balaban J connectivity index is 1.94. The number of hydrogen-bond acceptors (Lipinski definition) is 5. The third kappa shape index (κ3) is 3.30. The predicted octanol–water partition coefficient (Wildman–Crippen LogP) is 1.65. The van der Waals surface area contributed by atoms with Crippen molar-refractivity contribution in [1.82, 2.24) is 14.9 Å². The first-order valence-electron chi connectivity index (χ1n) is 6.14. The van der Waals surface area contributed by atoms with Crippen molar-refractivity contribution in [3.8, 4) is 0 Å². The molecule has 3 N–H and O–H groups in total. The molecule has 106 valence electrons. The van der Waals surface area contributed by atoms with Crippen molar-refractivity contribution in [3.05, 3.63) is 35.2 Å². The van der Waals surface area contributed by atoms with Gasteiger partial charge in [-0.05, 0) is 32.4 Å². The summed E-state index contributed by atoms with van der Waals surface area (Å²) in [5.74, 6) is 6.48. The van der Waals surface area contributed by atoms with E-state index in [1.54, 1.807) is 6.92 Å². The number of nitrogens with one attached hydrogen (secondary N) is 1. The van der Waals surface area contributed by atoms with Gasteiger partial charge in [0.05, 0.1) is 5.75 Å². The monoisotopic (exact) mass is 291 g/mol. The molecule has 0 atom stereocenters. The van der Waals surface area contributed by atoms with Crippen LogP contribution in [0, 0.1) is 20.8 Å². The summed E-state index contributed by atoms with van der Waals surface area (Å²) in [4.78, 5) is 11.9. The zero-order chi connectivity index (χ0) is 14.7. The smallest absolute Gasteiger partial charge is 0.234 e. The number of benzene rings is 1. The number of thioether (sulfide) groups is 1. The van der Waals surface area contributed by atoms with Crippen LogP contribution in [0.1, 0.15) is 17.0 Å². The van der Waals surface area contributed by atoms with Crippen molar-refractivity contribution in [1.29, 1.82) is 0 Å². The standard InChI is InChI=1S/C13H17N5OS/c1-8-4-5-11(9(2)6-8)15-12(19)7-20-13-17-16-10(3)18(13)14/h4-6H,7,14H2,1-3H3,(H,15,19). The van der Waals surface area contributed by atoms with E-state index in [4.69, 9.17) is 5.84 Å². The number of amides is 1. The van der Waals surface area contributed by atoms with Crippen molar-refractivity contribution in [3.63, 3.8) is 0 Å². The Morgan fingerprint density at radius 1 is 1.35 bits per heavy atom. The van der Waals surface area contributed by atoms with Gasteiger partial charge in [0.15, 0.2) is 0 Å². The summed E-state index contributed by atoms with van der Waals surface area (Å²) in [7, 11) is 0. The molecule has 0 unspecified atom stereocenters. The van der Waals surface area contributed by atoms with Gasteiger partial charge in [0.1, 0.15) is 5.82 Å². The van der Waals surface area contributed by atoms with Gasteiger partial charge >= 0.3 is 0 Å². The molecule has 0 radical (unpaired) electrons. The number of anilines is 1. The number of hydrogen-bond donors (Lipinski definition) is 2. The summed E-state index contributed by atoms with van der Waals surface area (Å²) in [6, 6.07) is 5.90. The van der Waals surface area contributed by atoms with Gasteiger partial charge in [-0.25, -0.2) is 4.68 Å². The van der Waals surface area contributed by atoms with Gasteiger partial charge in [0.2, 0.25) is 11.1 Å². The third-order valence-electron chi connectivity index (χ3n) is 2.82. The zero-order valence-electron chi connectivity index (χ0n) is 11.7. The second-order valence-electron chi connectivity index (χ2n) is 4.56. The molecule has 0 spiro atoms. The molecule has 2 aromatic rings. The molecular weight excluding hydrogens is 274 g/mol. The predicted molar refractivity (Wildman–Crippen MR) is 80.2 cm³/mol. The Hall–Kier alpha value is -2.02. The Kier molecular flexibility index (Phi) is 4.29. The fraction of sp³-hybridized carbons (Fsp3) is 0.308. The van der Waals surface area contributed by atoms with Gasteiger partial charge in [0, 0.05) is 5.69 Å². The summed E-state index contributed by atoms with van der Waals surface area (Å²) in [5.41, 5.74) is 3.04. The second kappa shape index (κ2) is 5.96. The minimum atomic E-state index is -0.0948. The lowest BCUT2D eigenvalue weighted by Gasteiger charge is -2.08. The summed E-state index contributed by atoms with van der Waals surface area (Å²) in [5, 5.41) is 11.1. The highest BCUT2D eigenvalue weighted by Gasteiger charge is 2.10. The SMILES string of the molecule is Cc1ccc(NC(=O)CSc2nnc(C)n2N)c(C)c1. The molecule has 0 aliphatic rings. The van der Waals surface area contributed by atoms with Crippen LogP contribution in [0.15, 0.2) is 23.4 Å². The van der Waals surface area contributed by atoms with Crippen molar-refractivity contribution in [2.75, 3.05) is 16.9 Å². The van der Waals surface area contributed by atoms with Crippen molar-refractivity contribution in [2.45, 2.75) is 25.9 Å². The Bertz CT molecular complexity index is 638. The molecule has 0 fully saturated rings. The fourth-order valence-corrected chi connectivity index (χ4v) is 2.42. The average Bonchev–Trinajstić information content (AvgIpc) is 2.71. The van der Waals surface area contributed by atoms with Gasteiger partial charge in [0.25, 0.3) is 0 Å². The van der Waals surface area contributed by atoms with Gasteiger partial charge < -0.3 is 11.2 Å². The van der Waals surface area contributed by atoms with Crippen LogP contribution < -0.4 is 11.2 Å². The first kappa shape index (κ1) is 14.4. The number of nitrogen functional groups attached to an aromatic ring is 1. The van der Waals surface area contributed by atoms with E-state index in [2.05, 4.69) is 15.5 Å². The number of carbonyl (C=O) groups is 1. The highest BCUT2D eigenvalue weighted by Crippen LogP contribution is 2.18. The molecule has 6 nitrogen and oxygen atoms in total. The van der Waals surface area contributed by atoms with Crippen LogP contribution in [0.3, 0.4) is 0 Å². The number of nitrogens with two attached hydrogens (primary N) is 1. The number of carbonyl (C=O) groups excluding carboxylic acids is 1. The van der Waals surface area contributed by atoms with E-state index in [0.29, 0.717) is 11.0 Å². The van der Waals surface area contributed by atoms with Crippen molar-refractivity contribution in [2.24, 2.45) is 0 Å². The lowest BCUT2D eigenvalue weighted by atomic mass is 10.1. The van der Waals surface area contributed by atoms with Gasteiger partial charge in [-0.3, -0.25) is 4.79 Å². The van der Waals surface area contributed by atoms with Crippen LogP contribution in [0.2, 0.25) is 0 Å². The Morgan fingerprint density at radius 3 is 2.70 bits per heavy atom. The molecule has 1 aromatic carbocycles. The number of aromatic nitrogens is 3. The first-order valence-corrected chi connectivity index (χ1v) is 7.13. The molecule has 0 aliphatic heterocycles. The Morgan fingerprint density at radius 2 is 2.10 bits per heavy atom. The minimum absolute atomic E-state index is 0.0948. The molecule has 0 bridgehead atoms. The number of rotatable bonds is 4. The largest absolute Gasteiger partial charge is 0.336 e. The van der Waals surface area contributed by atoms with E-state index < -0.39 is 0 Å². The lowest BCUT2D eigenvalue weighted by Crippen LogP contribution is -2.17. The third-order valence-corrected chi connectivity index (χ3v) is 3.77. The molecule has 20 heavy (non-hydrogen) atoms. The van der Waals surface area contributed by atoms with Crippen LogP contribution in [-0.2, 0) is 4.79 Å². The summed E-state index contributed by atoms with van der Waals surface area (Å²) < 4.78 is 1.37. The highest BCUT2D eigenvalue weighted by molar-refractivity contribution is 7.99. The maximum Gasteiger partial charge on any atom is 0.234 e. The Labute approximate surface area is 121 Å². The van der Waals surface area contributed by atoms with E-state index in [9.17, 15) is 4.79 Å². The molecule has 0 aliphatic carbocycles. The maximum atomic E-state index is 11.9. The van der Waals surface area contributed by atoms with E-state index in [1.165, 1.54) is 22.0 Å². The van der Waals surface area contributed by atoms with Gasteiger partial charge in [-0.1, -0.05) is 29.5 Å². The van der Waals surface area contributed by atoms with Crippen LogP contribution >= 0.6 is 11.8 Å². The van der Waals surface area contributed by atoms with Crippen LogP contribution in [-0.4, -0.2) is 26.5 Å². The first-order chi connectivity index (χ1) is 9.47. The molecule has 1 amide bonds. The molecule has 1 heterocycles. The number of nitrogens with zero attached hydrogens (tertiary/aromatic N) is 3. The number of aryl methyl sites for hydroxylation is 3. The van der Waals surface area contributed by atoms with Gasteiger partial charge in [-0.2, -0.15) is 0 Å². The highest BCUT2D eigenvalue weighted by atomic mass is 32.2. The normalized spacial score (nSPS) is 10.6. The lowest BCUT2D eigenvalue weighted by molar-refractivity contribution is -0.113. The van der Waals surface area contributed by atoms with Crippen LogP contribution in [0.25, 0.3) is 0 Å². The topological polar surface area (TPSA) is 85.8 Å². The van der Waals surface area contributed by atoms with Gasteiger partial charge in [-0.15, -0.1) is 10.2 Å². The maximum absolute atomic E-state index is 11.9. The van der Waals surface area contributed by atoms with E-state index in [-0.39, 0.29) is 11.7 Å². The molecule has 7 heteroatoms. The molecule has 2 rings (SSSR count). The zero-order valence-corrected chi connectivity index (χ0v) is 12.5. The van der Waals surface area contributed by atoms with Crippen LogP contribution in [0.4, 0.5) is 5.69 Å². The molecule has 0 saturated carbocycles. The second-order valence-corrected chi connectivity index (χ2v) is 5.50. The molecule has 1 aromatic heterocycles. The van der Waals surface area contributed by atoms with E-state index >= 15 is 0 Å². The van der Waals surface area contributed by atoms with E-state index in [1.807, 2.05) is 32.0 Å². The fourth-order valence-electron chi connectivity index (χ4n) is 1.72. The minimum Gasteiger partial charge on any atom is -0.336 e. The summed E-state index contributed by atoms with van der Waals surface area (Å²) in [6.07, 6.45) is 0. The quantitative estimate of drug-likeness (QED) is 0.661. The molecular formula is C13H17N5OS.